The van der Waals surface area contributed by atoms with Crippen LogP contribution in [0.5, 0.6) is 5.75 Å². The highest BCUT2D eigenvalue weighted by Gasteiger charge is 2.33. The molecular formula is C14H17N3O2. The van der Waals surface area contributed by atoms with Crippen molar-refractivity contribution in [1.29, 1.82) is 5.26 Å². The van der Waals surface area contributed by atoms with E-state index >= 15 is 0 Å². The topological polar surface area (TPSA) is 79.3 Å². The molecule has 1 aromatic carbocycles. The summed E-state index contributed by atoms with van der Waals surface area (Å²) in [6.45, 7) is 0.466. The summed E-state index contributed by atoms with van der Waals surface area (Å²) in [6.07, 6.45) is 2.36. The smallest absolute Gasteiger partial charge is 0.257 e. The van der Waals surface area contributed by atoms with Crippen molar-refractivity contribution in [1.82, 2.24) is 4.90 Å². The SMILES string of the molecule is COc1cc(N)ccc1C(=O)N(CCC#N)C1CC1. The minimum atomic E-state index is -0.0883. The molecular weight excluding hydrogens is 242 g/mol. The largest absolute Gasteiger partial charge is 0.496 e. The Kier molecular flexibility index (Phi) is 3.91. The van der Waals surface area contributed by atoms with E-state index in [-0.39, 0.29) is 11.9 Å². The van der Waals surface area contributed by atoms with E-state index in [1.807, 2.05) is 0 Å². The number of ether oxygens (including phenoxy) is 1. The van der Waals surface area contributed by atoms with Crippen molar-refractivity contribution >= 4 is 11.6 Å². The number of carbonyl (C=O) groups is 1. The van der Waals surface area contributed by atoms with E-state index in [2.05, 4.69) is 6.07 Å². The van der Waals surface area contributed by atoms with Crippen LogP contribution in [0.4, 0.5) is 5.69 Å². The van der Waals surface area contributed by atoms with Crippen molar-refractivity contribution in [3.63, 3.8) is 0 Å². The summed E-state index contributed by atoms with van der Waals surface area (Å²) < 4.78 is 5.21. The number of rotatable bonds is 5. The summed E-state index contributed by atoms with van der Waals surface area (Å²) in [4.78, 5) is 14.3. The minimum Gasteiger partial charge on any atom is -0.496 e. The van der Waals surface area contributed by atoms with Crippen molar-refractivity contribution in [3.8, 4) is 11.8 Å². The Balaban J connectivity index is 2.23. The van der Waals surface area contributed by atoms with Gasteiger partial charge in [-0.15, -0.1) is 0 Å². The first-order chi connectivity index (χ1) is 9.17. The molecule has 0 heterocycles. The third kappa shape index (κ3) is 2.97. The Bertz CT molecular complexity index is 518. The third-order valence-corrected chi connectivity index (χ3v) is 3.17. The Morgan fingerprint density at radius 2 is 2.32 bits per heavy atom. The lowest BCUT2D eigenvalue weighted by Gasteiger charge is -2.22. The summed E-state index contributed by atoms with van der Waals surface area (Å²) in [6, 6.07) is 7.35. The summed E-state index contributed by atoms with van der Waals surface area (Å²) >= 11 is 0. The van der Waals surface area contributed by atoms with Crippen molar-refractivity contribution in [3.05, 3.63) is 23.8 Å². The molecule has 1 aromatic rings. The monoisotopic (exact) mass is 259 g/mol. The van der Waals surface area contributed by atoms with Gasteiger partial charge in [0.2, 0.25) is 0 Å². The number of hydrogen-bond acceptors (Lipinski definition) is 4. The number of methoxy groups -OCH3 is 1. The molecule has 1 saturated carbocycles. The number of carbonyl (C=O) groups excluding carboxylic acids is 1. The van der Waals surface area contributed by atoms with Gasteiger partial charge in [0.05, 0.1) is 25.2 Å². The molecule has 0 aliphatic heterocycles. The minimum absolute atomic E-state index is 0.0883. The molecule has 100 valence electrons. The normalized spacial score (nSPS) is 13.7. The van der Waals surface area contributed by atoms with E-state index < -0.39 is 0 Å². The zero-order chi connectivity index (χ0) is 13.8. The molecule has 19 heavy (non-hydrogen) atoms. The second-order valence-electron chi connectivity index (χ2n) is 4.60. The molecule has 0 bridgehead atoms. The van der Waals surface area contributed by atoms with Crippen molar-refractivity contribution in [2.75, 3.05) is 19.4 Å². The van der Waals surface area contributed by atoms with Gasteiger partial charge >= 0.3 is 0 Å². The molecule has 0 atom stereocenters. The maximum absolute atomic E-state index is 12.5. The van der Waals surface area contributed by atoms with Crippen molar-refractivity contribution < 1.29 is 9.53 Å². The number of benzene rings is 1. The molecule has 5 heteroatoms. The van der Waals surface area contributed by atoms with Gasteiger partial charge < -0.3 is 15.4 Å². The van der Waals surface area contributed by atoms with Crippen LogP contribution < -0.4 is 10.5 Å². The van der Waals surface area contributed by atoms with Crippen LogP contribution in [0.25, 0.3) is 0 Å². The number of nitrogens with zero attached hydrogens (tertiary/aromatic N) is 2. The lowest BCUT2D eigenvalue weighted by Crippen LogP contribution is -2.34. The second kappa shape index (κ2) is 5.61. The van der Waals surface area contributed by atoms with Gasteiger partial charge in [-0.05, 0) is 25.0 Å². The molecule has 1 aliphatic carbocycles. The van der Waals surface area contributed by atoms with E-state index in [1.165, 1.54) is 7.11 Å². The van der Waals surface area contributed by atoms with E-state index in [0.29, 0.717) is 30.0 Å². The molecule has 0 aromatic heterocycles. The van der Waals surface area contributed by atoms with Crippen LogP contribution in [-0.2, 0) is 0 Å². The number of nitrogens with two attached hydrogens (primary N) is 1. The summed E-state index contributed by atoms with van der Waals surface area (Å²) in [7, 11) is 1.52. The molecule has 0 unspecified atom stereocenters. The fraction of sp³-hybridized carbons (Fsp3) is 0.429. The van der Waals surface area contributed by atoms with Crippen LogP contribution in [0.1, 0.15) is 29.6 Å². The molecule has 1 aliphatic rings. The van der Waals surface area contributed by atoms with Gasteiger partial charge in [0, 0.05) is 24.3 Å². The molecule has 0 radical (unpaired) electrons. The van der Waals surface area contributed by atoms with Crippen LogP contribution in [0.15, 0.2) is 18.2 Å². The maximum atomic E-state index is 12.5. The zero-order valence-corrected chi connectivity index (χ0v) is 10.9. The maximum Gasteiger partial charge on any atom is 0.257 e. The predicted octanol–water partition coefficient (Wildman–Crippen LogP) is 1.80. The number of anilines is 1. The van der Waals surface area contributed by atoms with Crippen LogP contribution in [0, 0.1) is 11.3 Å². The van der Waals surface area contributed by atoms with E-state index in [0.717, 1.165) is 12.8 Å². The van der Waals surface area contributed by atoms with Gasteiger partial charge in [-0.25, -0.2) is 0 Å². The fourth-order valence-corrected chi connectivity index (χ4v) is 2.05. The standard InChI is InChI=1S/C14H17N3O2/c1-19-13-9-10(16)3-6-12(13)14(18)17(8-2-7-15)11-4-5-11/h3,6,9,11H,2,4-5,8,16H2,1H3. The number of hydrogen-bond donors (Lipinski definition) is 1. The number of amides is 1. The van der Waals surface area contributed by atoms with Gasteiger partial charge in [0.1, 0.15) is 5.75 Å². The van der Waals surface area contributed by atoms with Crippen molar-refractivity contribution in [2.24, 2.45) is 0 Å². The average Bonchev–Trinajstić information content (AvgIpc) is 3.23. The Morgan fingerprint density at radius 1 is 1.58 bits per heavy atom. The molecule has 1 fully saturated rings. The molecule has 0 spiro atoms. The molecule has 2 N–H and O–H groups in total. The van der Waals surface area contributed by atoms with Gasteiger partial charge in [0.25, 0.3) is 5.91 Å². The van der Waals surface area contributed by atoms with Crippen LogP contribution in [-0.4, -0.2) is 30.5 Å². The summed E-state index contributed by atoms with van der Waals surface area (Å²) in [5.74, 6) is 0.391. The first-order valence-corrected chi connectivity index (χ1v) is 6.28. The summed E-state index contributed by atoms with van der Waals surface area (Å²) in [5, 5.41) is 8.68. The van der Waals surface area contributed by atoms with Gasteiger partial charge in [0.15, 0.2) is 0 Å². The van der Waals surface area contributed by atoms with Crippen LogP contribution in [0.3, 0.4) is 0 Å². The number of nitriles is 1. The quantitative estimate of drug-likeness (QED) is 0.818. The highest BCUT2D eigenvalue weighted by molar-refractivity contribution is 5.97. The fourth-order valence-electron chi connectivity index (χ4n) is 2.05. The van der Waals surface area contributed by atoms with Gasteiger partial charge in [-0.1, -0.05) is 0 Å². The summed E-state index contributed by atoms with van der Waals surface area (Å²) in [5.41, 5.74) is 6.74. The van der Waals surface area contributed by atoms with E-state index in [9.17, 15) is 4.79 Å². The predicted molar refractivity (Wildman–Crippen MR) is 71.7 cm³/mol. The highest BCUT2D eigenvalue weighted by atomic mass is 16.5. The van der Waals surface area contributed by atoms with Gasteiger partial charge in [-0.3, -0.25) is 4.79 Å². The first kappa shape index (κ1) is 13.2. The van der Waals surface area contributed by atoms with E-state index in [4.69, 9.17) is 15.7 Å². The Morgan fingerprint density at radius 3 is 2.89 bits per heavy atom. The highest BCUT2D eigenvalue weighted by Crippen LogP contribution is 2.31. The molecule has 1 amide bonds. The lowest BCUT2D eigenvalue weighted by molar-refractivity contribution is 0.0743. The average molecular weight is 259 g/mol. The zero-order valence-electron chi connectivity index (χ0n) is 10.9. The van der Waals surface area contributed by atoms with Crippen LogP contribution >= 0.6 is 0 Å². The Labute approximate surface area is 112 Å². The van der Waals surface area contributed by atoms with Gasteiger partial charge in [-0.2, -0.15) is 5.26 Å². The first-order valence-electron chi connectivity index (χ1n) is 6.28. The number of nitrogen functional groups attached to an aromatic ring is 1. The third-order valence-electron chi connectivity index (χ3n) is 3.17. The van der Waals surface area contributed by atoms with Crippen LogP contribution in [0.2, 0.25) is 0 Å². The molecule has 2 rings (SSSR count). The second-order valence-corrected chi connectivity index (χ2v) is 4.60. The van der Waals surface area contributed by atoms with E-state index in [1.54, 1.807) is 23.1 Å². The lowest BCUT2D eigenvalue weighted by atomic mass is 10.1. The molecule has 5 nitrogen and oxygen atoms in total. The Hall–Kier alpha value is -2.22. The molecule has 0 saturated heterocycles. The van der Waals surface area contributed by atoms with Crippen molar-refractivity contribution in [2.45, 2.75) is 25.3 Å².